The molecule has 0 saturated carbocycles. The summed E-state index contributed by atoms with van der Waals surface area (Å²) in [5.41, 5.74) is 2.14. The van der Waals surface area contributed by atoms with E-state index in [1.807, 2.05) is 47.2 Å². The Morgan fingerprint density at radius 2 is 2.12 bits per heavy atom. The first-order chi connectivity index (χ1) is 16.1. The predicted octanol–water partition coefficient (Wildman–Crippen LogP) is 3.81. The van der Waals surface area contributed by atoms with Crippen molar-refractivity contribution in [1.29, 1.82) is 0 Å². The second-order valence-corrected chi connectivity index (χ2v) is 8.41. The Balaban J connectivity index is 1.45. The lowest BCUT2D eigenvalue weighted by atomic mass is 10.0. The van der Waals surface area contributed by atoms with E-state index in [0.29, 0.717) is 19.6 Å². The molecule has 0 unspecified atom stereocenters. The van der Waals surface area contributed by atoms with Gasteiger partial charge in [0.25, 0.3) is 0 Å². The molecular formula is C26H32N4O3. The molecule has 0 fully saturated rings. The number of methoxy groups -OCH3 is 1. The van der Waals surface area contributed by atoms with E-state index in [4.69, 9.17) is 9.47 Å². The molecule has 2 heterocycles. The van der Waals surface area contributed by atoms with Gasteiger partial charge in [0.2, 0.25) is 5.91 Å². The average molecular weight is 449 g/mol. The lowest BCUT2D eigenvalue weighted by Gasteiger charge is -2.25. The maximum absolute atomic E-state index is 13.2. The lowest BCUT2D eigenvalue weighted by molar-refractivity contribution is -0.123. The molecule has 1 aliphatic rings. The van der Waals surface area contributed by atoms with Crippen LogP contribution in [0.2, 0.25) is 0 Å². The van der Waals surface area contributed by atoms with E-state index < -0.39 is 0 Å². The second kappa shape index (κ2) is 11.0. The number of rotatable bonds is 9. The van der Waals surface area contributed by atoms with Crippen LogP contribution in [-0.2, 0) is 17.9 Å². The topological polar surface area (TPSA) is 68.6 Å². The number of carbonyl (C=O) groups is 1. The van der Waals surface area contributed by atoms with Crippen molar-refractivity contribution >= 4 is 5.91 Å². The minimum Gasteiger partial charge on any atom is -0.497 e. The molecular weight excluding hydrogens is 416 g/mol. The summed E-state index contributed by atoms with van der Waals surface area (Å²) in [5.74, 6) is 1.67. The van der Waals surface area contributed by atoms with Crippen LogP contribution < -0.4 is 14.8 Å². The molecule has 0 spiro atoms. The molecule has 3 aromatic rings. The smallest absolute Gasteiger partial charge is 0.234 e. The number of hydrogen-bond acceptors (Lipinski definition) is 5. The summed E-state index contributed by atoms with van der Waals surface area (Å²) < 4.78 is 13.6. The van der Waals surface area contributed by atoms with Gasteiger partial charge in [-0.25, -0.2) is 4.98 Å². The van der Waals surface area contributed by atoms with Gasteiger partial charge in [-0.2, -0.15) is 0 Å². The largest absolute Gasteiger partial charge is 0.497 e. The summed E-state index contributed by atoms with van der Waals surface area (Å²) in [6, 6.07) is 15.9. The first-order valence-electron chi connectivity index (χ1n) is 11.5. The fraction of sp³-hybridized carbons (Fsp3) is 0.385. The summed E-state index contributed by atoms with van der Waals surface area (Å²) in [4.78, 5) is 19.4. The quantitative estimate of drug-likeness (QED) is 0.539. The summed E-state index contributed by atoms with van der Waals surface area (Å²) in [6.45, 7) is 4.54. The molecule has 0 saturated heterocycles. The van der Waals surface area contributed by atoms with E-state index in [1.54, 1.807) is 19.6 Å². The van der Waals surface area contributed by atoms with Crippen molar-refractivity contribution in [3.8, 4) is 11.5 Å². The zero-order chi connectivity index (χ0) is 23.0. The Morgan fingerprint density at radius 1 is 1.27 bits per heavy atom. The summed E-state index contributed by atoms with van der Waals surface area (Å²) >= 11 is 0. The van der Waals surface area contributed by atoms with Gasteiger partial charge in [-0.05, 0) is 36.6 Å². The van der Waals surface area contributed by atoms with Gasteiger partial charge in [-0.1, -0.05) is 37.3 Å². The lowest BCUT2D eigenvalue weighted by Crippen LogP contribution is -2.41. The molecule has 2 atom stereocenters. The molecule has 174 valence electrons. The van der Waals surface area contributed by atoms with Crippen LogP contribution in [0, 0.1) is 0 Å². The van der Waals surface area contributed by atoms with Gasteiger partial charge in [0.1, 0.15) is 17.6 Å². The predicted molar refractivity (Wildman–Crippen MR) is 127 cm³/mol. The van der Waals surface area contributed by atoms with Crippen LogP contribution in [0.5, 0.6) is 11.5 Å². The van der Waals surface area contributed by atoms with E-state index in [1.165, 1.54) is 0 Å². The molecule has 4 rings (SSSR count). The minimum atomic E-state index is -0.0707. The number of nitrogens with zero attached hydrogens (tertiary/aromatic N) is 3. The summed E-state index contributed by atoms with van der Waals surface area (Å²) in [7, 11) is 1.66. The Hall–Kier alpha value is -3.32. The Labute approximate surface area is 195 Å². The van der Waals surface area contributed by atoms with Crippen molar-refractivity contribution in [3.63, 3.8) is 0 Å². The summed E-state index contributed by atoms with van der Waals surface area (Å²) in [6.07, 6.45) is 7.22. The van der Waals surface area contributed by atoms with Gasteiger partial charge in [0.15, 0.2) is 0 Å². The zero-order valence-corrected chi connectivity index (χ0v) is 19.3. The van der Waals surface area contributed by atoms with Crippen LogP contribution in [0.4, 0.5) is 0 Å². The van der Waals surface area contributed by atoms with Crippen LogP contribution >= 0.6 is 0 Å². The van der Waals surface area contributed by atoms with Gasteiger partial charge >= 0.3 is 0 Å². The number of carbonyl (C=O) groups excluding carboxylic acids is 1. The molecule has 1 aromatic heterocycles. The molecule has 0 radical (unpaired) electrons. The highest BCUT2D eigenvalue weighted by atomic mass is 16.5. The first-order valence-corrected chi connectivity index (χ1v) is 11.5. The molecule has 0 aliphatic carbocycles. The second-order valence-electron chi connectivity index (χ2n) is 8.41. The average Bonchev–Trinajstić information content (AvgIpc) is 3.29. The van der Waals surface area contributed by atoms with Crippen LogP contribution in [-0.4, -0.2) is 46.7 Å². The molecule has 0 bridgehead atoms. The Kier molecular flexibility index (Phi) is 7.62. The Bertz CT molecular complexity index is 1020. The van der Waals surface area contributed by atoms with Crippen LogP contribution in [0.3, 0.4) is 0 Å². The minimum absolute atomic E-state index is 0.00989. The number of benzene rings is 2. The maximum atomic E-state index is 13.2. The van der Waals surface area contributed by atoms with E-state index in [9.17, 15) is 4.79 Å². The number of amides is 1. The number of imidazole rings is 1. The van der Waals surface area contributed by atoms with Crippen molar-refractivity contribution in [3.05, 3.63) is 78.4 Å². The number of aromatic nitrogens is 2. The van der Waals surface area contributed by atoms with E-state index in [0.717, 1.165) is 42.0 Å². The number of nitrogens with one attached hydrogen (secondary N) is 1. The van der Waals surface area contributed by atoms with E-state index in [2.05, 4.69) is 34.3 Å². The van der Waals surface area contributed by atoms with Gasteiger partial charge in [0.05, 0.1) is 26.0 Å². The van der Waals surface area contributed by atoms with E-state index >= 15 is 0 Å². The highest BCUT2D eigenvalue weighted by Gasteiger charge is 2.25. The van der Waals surface area contributed by atoms with Gasteiger partial charge in [-0.15, -0.1) is 0 Å². The van der Waals surface area contributed by atoms with E-state index in [-0.39, 0.29) is 18.1 Å². The van der Waals surface area contributed by atoms with Gasteiger partial charge in [0, 0.05) is 37.6 Å². The van der Waals surface area contributed by atoms with Crippen LogP contribution in [0.15, 0.2) is 67.3 Å². The highest BCUT2D eigenvalue weighted by molar-refractivity contribution is 5.78. The van der Waals surface area contributed by atoms with Crippen LogP contribution in [0.25, 0.3) is 0 Å². The molecule has 33 heavy (non-hydrogen) atoms. The number of aryl methyl sites for hydroxylation is 1. The third-order valence-corrected chi connectivity index (χ3v) is 6.01. The molecule has 7 nitrogen and oxygen atoms in total. The Morgan fingerprint density at radius 3 is 2.85 bits per heavy atom. The number of hydrogen-bond donors (Lipinski definition) is 1. The van der Waals surface area contributed by atoms with Crippen molar-refractivity contribution in [2.75, 3.05) is 20.2 Å². The monoisotopic (exact) mass is 448 g/mol. The first kappa shape index (κ1) is 22.9. The molecule has 1 N–H and O–H groups in total. The highest BCUT2D eigenvalue weighted by Crippen LogP contribution is 2.29. The SMILES string of the molecule is CC[C@H]1CN(CC(=O)N[C@@H](CCn2ccnc2)c2ccccc2)Cc2cc(OC)ccc2O1. The zero-order valence-electron chi connectivity index (χ0n) is 19.3. The molecule has 2 aromatic carbocycles. The normalized spacial score (nSPS) is 16.8. The molecule has 1 aliphatic heterocycles. The van der Waals surface area contributed by atoms with Crippen LogP contribution in [0.1, 0.15) is 36.9 Å². The third kappa shape index (κ3) is 6.14. The number of ether oxygens (including phenoxy) is 2. The standard InChI is InChI=1S/C26H32N4O3/c1-3-22-17-30(16-21-15-23(32-2)9-10-25(21)33-22)18-26(31)28-24(20-7-5-4-6-8-20)11-13-29-14-12-27-19-29/h4-10,12,14-15,19,22,24H,3,11,13,16-18H2,1-2H3,(H,28,31)/t22-,24-/m0/s1. The fourth-order valence-electron chi connectivity index (χ4n) is 4.21. The third-order valence-electron chi connectivity index (χ3n) is 6.01. The van der Waals surface area contributed by atoms with Crippen molar-refractivity contribution in [1.82, 2.24) is 19.8 Å². The summed E-state index contributed by atoms with van der Waals surface area (Å²) in [5, 5.41) is 3.26. The van der Waals surface area contributed by atoms with Gasteiger partial charge in [-0.3, -0.25) is 9.69 Å². The maximum Gasteiger partial charge on any atom is 0.234 e. The molecule has 1 amide bonds. The number of fused-ring (bicyclic) bond motifs is 1. The van der Waals surface area contributed by atoms with Gasteiger partial charge < -0.3 is 19.4 Å². The molecule has 7 heteroatoms. The van der Waals surface area contributed by atoms with Crippen molar-refractivity contribution in [2.45, 2.75) is 45.0 Å². The van der Waals surface area contributed by atoms with Crippen molar-refractivity contribution in [2.24, 2.45) is 0 Å². The van der Waals surface area contributed by atoms with Crippen molar-refractivity contribution < 1.29 is 14.3 Å². The fourth-order valence-corrected chi connectivity index (χ4v) is 4.21.